The van der Waals surface area contributed by atoms with Gasteiger partial charge in [-0.1, -0.05) is 12.2 Å². The number of rotatable bonds is 1. The van der Waals surface area contributed by atoms with Crippen LogP contribution < -0.4 is 0 Å². The predicted molar refractivity (Wildman–Crippen MR) is 89.8 cm³/mol. The molecule has 26 heavy (non-hydrogen) atoms. The summed E-state index contributed by atoms with van der Waals surface area (Å²) in [5.41, 5.74) is -1.26. The number of cyclic esters (lactones) is 1. The van der Waals surface area contributed by atoms with E-state index in [2.05, 4.69) is 6.58 Å². The second-order valence-corrected chi connectivity index (χ2v) is 9.70. The Hall–Kier alpha value is -1.40. The van der Waals surface area contributed by atoms with Gasteiger partial charge in [-0.15, -0.1) is 0 Å². The van der Waals surface area contributed by atoms with Gasteiger partial charge >= 0.3 is 11.9 Å². The van der Waals surface area contributed by atoms with Crippen molar-refractivity contribution in [3.05, 3.63) is 12.2 Å². The number of carboxylic acid groups (broad SMARTS) is 1. The predicted octanol–water partition coefficient (Wildman–Crippen LogP) is 1.35. The van der Waals surface area contributed by atoms with Gasteiger partial charge in [0.1, 0.15) is 0 Å². The minimum atomic E-state index is -1.38. The quantitative estimate of drug-likeness (QED) is 0.481. The Bertz CT molecular complexity index is 732. The third-order valence-electron chi connectivity index (χ3n) is 8.92. The van der Waals surface area contributed by atoms with E-state index in [9.17, 15) is 24.9 Å². The number of esters is 1. The molecular weight excluding hydrogens is 336 g/mol. The molecule has 5 fully saturated rings. The third-order valence-corrected chi connectivity index (χ3v) is 8.92. The molecule has 0 amide bonds. The summed E-state index contributed by atoms with van der Waals surface area (Å²) in [4.78, 5) is 25.3. The van der Waals surface area contributed by atoms with E-state index in [1.54, 1.807) is 6.92 Å². The molecular formula is C20H26O6. The molecule has 6 nitrogen and oxygen atoms in total. The van der Waals surface area contributed by atoms with Gasteiger partial charge in [0.25, 0.3) is 0 Å². The highest BCUT2D eigenvalue weighted by atomic mass is 16.5. The number of hydrogen-bond acceptors (Lipinski definition) is 5. The molecule has 4 saturated carbocycles. The fourth-order valence-electron chi connectivity index (χ4n) is 8.20. The molecule has 0 aromatic carbocycles. The van der Waals surface area contributed by atoms with Crippen LogP contribution in [0.2, 0.25) is 0 Å². The normalized spacial score (nSPS) is 57.3. The van der Waals surface area contributed by atoms with Crippen LogP contribution in [0.25, 0.3) is 0 Å². The minimum absolute atomic E-state index is 0.0752. The average molecular weight is 362 g/mol. The number of hydrogen-bond donors (Lipinski definition) is 3. The van der Waals surface area contributed by atoms with E-state index in [-0.39, 0.29) is 12.5 Å². The van der Waals surface area contributed by atoms with Crippen molar-refractivity contribution < 1.29 is 29.6 Å². The monoisotopic (exact) mass is 362 g/mol. The zero-order valence-electron chi connectivity index (χ0n) is 15.0. The number of ether oxygens (including phenoxy) is 1. The van der Waals surface area contributed by atoms with Crippen molar-refractivity contribution >= 4 is 11.9 Å². The molecule has 1 saturated heterocycles. The summed E-state index contributed by atoms with van der Waals surface area (Å²) in [5, 5.41) is 31.6. The van der Waals surface area contributed by atoms with Crippen molar-refractivity contribution in [1.82, 2.24) is 0 Å². The van der Waals surface area contributed by atoms with Crippen molar-refractivity contribution in [2.24, 2.45) is 39.9 Å². The summed E-state index contributed by atoms with van der Waals surface area (Å²) in [6.45, 7) is 5.98. The number of allylic oxidation sites excluding steroid dienone is 1. The van der Waals surface area contributed by atoms with E-state index < -0.39 is 52.2 Å². The Morgan fingerprint density at radius 3 is 2.65 bits per heavy atom. The molecule has 4 bridgehead atoms. The van der Waals surface area contributed by atoms with Gasteiger partial charge in [-0.25, -0.2) is 0 Å². The van der Waals surface area contributed by atoms with Gasteiger partial charge in [0.15, 0.2) is 0 Å². The Balaban J connectivity index is 1.77. The fraction of sp³-hybridized carbons (Fsp3) is 0.800. The van der Waals surface area contributed by atoms with Crippen LogP contribution in [0.5, 0.6) is 0 Å². The number of aliphatic hydroxyl groups excluding tert-OH is 2. The SMILES string of the molecule is C=C1CC23CC1CCC2C12COC(=O)C(C)(C(O)C(O)C1)C2C3C(=O)O. The molecule has 1 spiro atoms. The Labute approximate surface area is 152 Å². The van der Waals surface area contributed by atoms with Crippen LogP contribution in [0.3, 0.4) is 0 Å². The van der Waals surface area contributed by atoms with E-state index >= 15 is 0 Å². The van der Waals surface area contributed by atoms with Crippen LogP contribution >= 0.6 is 0 Å². The van der Waals surface area contributed by atoms with Gasteiger partial charge in [0.2, 0.25) is 0 Å². The fourth-order valence-corrected chi connectivity index (χ4v) is 8.20. The maximum atomic E-state index is 12.8. The first-order chi connectivity index (χ1) is 12.2. The van der Waals surface area contributed by atoms with E-state index in [0.29, 0.717) is 18.8 Å². The largest absolute Gasteiger partial charge is 0.481 e. The zero-order chi connectivity index (χ0) is 18.6. The van der Waals surface area contributed by atoms with Gasteiger partial charge < -0.3 is 20.1 Å². The molecule has 5 rings (SSSR count). The molecule has 4 aliphatic carbocycles. The number of carbonyl (C=O) groups is 2. The molecule has 6 heteroatoms. The Kier molecular flexibility index (Phi) is 3.03. The summed E-state index contributed by atoms with van der Waals surface area (Å²) < 4.78 is 5.55. The summed E-state index contributed by atoms with van der Waals surface area (Å²) >= 11 is 0. The van der Waals surface area contributed by atoms with Crippen molar-refractivity contribution in [2.75, 3.05) is 6.61 Å². The molecule has 3 N–H and O–H groups in total. The maximum absolute atomic E-state index is 12.8. The zero-order valence-corrected chi connectivity index (χ0v) is 15.0. The molecule has 5 aliphatic rings. The Morgan fingerprint density at radius 1 is 1.23 bits per heavy atom. The lowest BCUT2D eigenvalue weighted by Crippen LogP contribution is -2.67. The Morgan fingerprint density at radius 2 is 1.96 bits per heavy atom. The first kappa shape index (κ1) is 16.8. The number of fused-ring (bicyclic) bond motifs is 1. The van der Waals surface area contributed by atoms with Crippen molar-refractivity contribution in [3.8, 4) is 0 Å². The number of aliphatic carboxylic acids is 1. The maximum Gasteiger partial charge on any atom is 0.314 e. The van der Waals surface area contributed by atoms with Gasteiger partial charge in [0, 0.05) is 11.3 Å². The van der Waals surface area contributed by atoms with Crippen LogP contribution in [0.4, 0.5) is 0 Å². The lowest BCUT2D eigenvalue weighted by Gasteiger charge is -2.58. The topological polar surface area (TPSA) is 104 Å². The van der Waals surface area contributed by atoms with Gasteiger partial charge in [0.05, 0.1) is 30.1 Å². The van der Waals surface area contributed by atoms with Crippen LogP contribution in [0, 0.1) is 39.9 Å². The second kappa shape index (κ2) is 4.71. The molecule has 1 aliphatic heterocycles. The molecule has 142 valence electrons. The van der Waals surface area contributed by atoms with Crippen LogP contribution in [0.1, 0.15) is 39.0 Å². The average Bonchev–Trinajstić information content (AvgIpc) is 2.98. The summed E-state index contributed by atoms with van der Waals surface area (Å²) in [6.07, 6.45) is 1.30. The molecule has 9 unspecified atom stereocenters. The molecule has 0 aromatic rings. The van der Waals surface area contributed by atoms with Crippen molar-refractivity contribution in [2.45, 2.75) is 51.2 Å². The first-order valence-corrected chi connectivity index (χ1v) is 9.62. The van der Waals surface area contributed by atoms with Crippen molar-refractivity contribution in [3.63, 3.8) is 0 Å². The number of carboxylic acids is 1. The highest BCUT2D eigenvalue weighted by Crippen LogP contribution is 2.78. The van der Waals surface area contributed by atoms with Gasteiger partial charge in [-0.05, 0) is 56.3 Å². The third kappa shape index (κ3) is 1.55. The van der Waals surface area contributed by atoms with E-state index in [1.807, 2.05) is 0 Å². The standard InChI is InChI=1S/C20H26O6/c1-9-5-19-6-10(9)3-4-12(19)20-7-11(21)15(22)18(2,17(25)26-8-20)14(20)13(19)16(23)24/h10-15,21-22H,1,3-8H2,2H3,(H,23,24). The van der Waals surface area contributed by atoms with E-state index in [1.165, 1.54) is 0 Å². The lowest BCUT2D eigenvalue weighted by molar-refractivity contribution is -0.241. The summed E-state index contributed by atoms with van der Waals surface area (Å²) in [6, 6.07) is 0. The van der Waals surface area contributed by atoms with Crippen LogP contribution in [-0.2, 0) is 14.3 Å². The van der Waals surface area contributed by atoms with Gasteiger partial charge in [-0.3, -0.25) is 9.59 Å². The number of carbonyl (C=O) groups excluding carboxylic acids is 1. The highest BCUT2D eigenvalue weighted by molar-refractivity contribution is 5.83. The van der Waals surface area contributed by atoms with E-state index in [0.717, 1.165) is 24.8 Å². The van der Waals surface area contributed by atoms with Gasteiger partial charge in [-0.2, -0.15) is 0 Å². The number of aliphatic hydroxyl groups is 2. The summed E-state index contributed by atoms with van der Waals surface area (Å²) in [5.74, 6) is -2.26. The minimum Gasteiger partial charge on any atom is -0.481 e. The van der Waals surface area contributed by atoms with E-state index in [4.69, 9.17) is 4.74 Å². The first-order valence-electron chi connectivity index (χ1n) is 9.62. The van der Waals surface area contributed by atoms with Crippen LogP contribution in [-0.4, -0.2) is 46.1 Å². The highest BCUT2D eigenvalue weighted by Gasteiger charge is 2.80. The molecule has 9 atom stereocenters. The smallest absolute Gasteiger partial charge is 0.314 e. The van der Waals surface area contributed by atoms with Crippen LogP contribution in [0.15, 0.2) is 12.2 Å². The lowest BCUT2D eigenvalue weighted by atomic mass is 9.49. The summed E-state index contributed by atoms with van der Waals surface area (Å²) in [7, 11) is 0. The molecule has 0 aromatic heterocycles. The molecule has 0 radical (unpaired) electrons. The van der Waals surface area contributed by atoms with Crippen molar-refractivity contribution in [1.29, 1.82) is 0 Å². The molecule has 1 heterocycles. The second-order valence-electron chi connectivity index (χ2n) is 9.70.